The normalized spacial score (nSPS) is 12.0. The molecule has 29 heavy (non-hydrogen) atoms. The number of imidazole rings is 1. The molecular weight excluding hydrogens is 367 g/mol. The number of nitrogens with one attached hydrogen (secondary N) is 1. The number of pyridine rings is 2. The molecule has 1 unspecified atom stereocenters. The first-order chi connectivity index (χ1) is 14.2. The number of carbonyl (C=O) groups is 1. The van der Waals surface area contributed by atoms with Gasteiger partial charge in [-0.2, -0.15) is 0 Å². The van der Waals surface area contributed by atoms with Crippen molar-refractivity contribution in [2.45, 2.75) is 18.8 Å². The third kappa shape index (κ3) is 4.48. The van der Waals surface area contributed by atoms with Gasteiger partial charge in [0, 0.05) is 37.5 Å². The molecule has 4 aromatic rings. The second kappa shape index (κ2) is 8.65. The van der Waals surface area contributed by atoms with Crippen LogP contribution in [0.15, 0.2) is 79.3 Å². The lowest BCUT2D eigenvalue weighted by Crippen LogP contribution is -2.32. The number of carbonyl (C=O) groups excluding carboxylic acids is 1. The number of aromatic nitrogens is 3. The van der Waals surface area contributed by atoms with Gasteiger partial charge in [0.25, 0.3) is 0 Å². The molecule has 6 heteroatoms. The topological polar surface area (TPSA) is 59.3 Å². The summed E-state index contributed by atoms with van der Waals surface area (Å²) in [5.41, 5.74) is 2.60. The van der Waals surface area contributed by atoms with Crippen LogP contribution in [0.5, 0.6) is 0 Å². The molecule has 0 fully saturated rings. The summed E-state index contributed by atoms with van der Waals surface area (Å²) >= 11 is 0. The Labute approximate surface area is 168 Å². The van der Waals surface area contributed by atoms with Gasteiger partial charge in [-0.25, -0.2) is 9.37 Å². The molecule has 3 aromatic heterocycles. The first-order valence-corrected chi connectivity index (χ1v) is 9.55. The molecule has 0 spiro atoms. The highest BCUT2D eigenvalue weighted by Gasteiger charge is 2.21. The first-order valence-electron chi connectivity index (χ1n) is 9.55. The average molecular weight is 388 g/mol. The summed E-state index contributed by atoms with van der Waals surface area (Å²) in [5, 5.41) is 3.01. The molecule has 0 aliphatic carbocycles. The Kier molecular flexibility index (Phi) is 5.61. The molecule has 146 valence electrons. The molecule has 4 rings (SSSR count). The molecule has 0 saturated carbocycles. The molecule has 0 aliphatic heterocycles. The van der Waals surface area contributed by atoms with Crippen LogP contribution in [0.4, 0.5) is 4.39 Å². The fourth-order valence-corrected chi connectivity index (χ4v) is 3.39. The van der Waals surface area contributed by atoms with Crippen LogP contribution in [0.3, 0.4) is 0 Å². The highest BCUT2D eigenvalue weighted by Crippen LogP contribution is 2.21. The van der Waals surface area contributed by atoms with E-state index in [4.69, 9.17) is 0 Å². The highest BCUT2D eigenvalue weighted by atomic mass is 19.1. The van der Waals surface area contributed by atoms with Crippen molar-refractivity contribution in [1.82, 2.24) is 19.7 Å². The van der Waals surface area contributed by atoms with Crippen molar-refractivity contribution >= 4 is 11.4 Å². The molecule has 0 radical (unpaired) electrons. The molecule has 5 nitrogen and oxygen atoms in total. The Morgan fingerprint density at radius 1 is 1.03 bits per heavy atom. The molecule has 3 heterocycles. The smallest absolute Gasteiger partial charge is 0.227 e. The van der Waals surface area contributed by atoms with Crippen molar-refractivity contribution in [3.8, 4) is 0 Å². The number of halogens is 1. The second-order valence-electron chi connectivity index (χ2n) is 6.84. The minimum Gasteiger partial charge on any atom is -0.355 e. The first kappa shape index (κ1) is 18.8. The maximum absolute atomic E-state index is 13.3. The van der Waals surface area contributed by atoms with Gasteiger partial charge in [-0.3, -0.25) is 9.78 Å². The zero-order chi connectivity index (χ0) is 20.1. The van der Waals surface area contributed by atoms with E-state index in [0.29, 0.717) is 19.4 Å². The van der Waals surface area contributed by atoms with Gasteiger partial charge in [0.15, 0.2) is 0 Å². The Morgan fingerprint density at radius 2 is 1.86 bits per heavy atom. The van der Waals surface area contributed by atoms with Crippen molar-refractivity contribution in [1.29, 1.82) is 0 Å². The minimum absolute atomic E-state index is 0.108. The molecule has 1 N–H and O–H groups in total. The van der Waals surface area contributed by atoms with Gasteiger partial charge in [-0.05, 0) is 42.0 Å². The van der Waals surface area contributed by atoms with Crippen LogP contribution in [0.1, 0.15) is 23.0 Å². The summed E-state index contributed by atoms with van der Waals surface area (Å²) in [6.45, 7) is 0.465. The average Bonchev–Trinajstić information content (AvgIpc) is 3.17. The van der Waals surface area contributed by atoms with Crippen LogP contribution in [-0.2, 0) is 17.6 Å². The summed E-state index contributed by atoms with van der Waals surface area (Å²) < 4.78 is 15.4. The third-order valence-electron chi connectivity index (χ3n) is 4.89. The quantitative estimate of drug-likeness (QED) is 0.527. The van der Waals surface area contributed by atoms with Gasteiger partial charge in [0.1, 0.15) is 11.6 Å². The largest absolute Gasteiger partial charge is 0.355 e. The van der Waals surface area contributed by atoms with Crippen LogP contribution in [0, 0.1) is 5.82 Å². The Balaban J connectivity index is 1.46. The van der Waals surface area contributed by atoms with Gasteiger partial charge in [0.05, 0.1) is 17.6 Å². The molecule has 1 amide bonds. The third-order valence-corrected chi connectivity index (χ3v) is 4.89. The summed E-state index contributed by atoms with van der Waals surface area (Å²) in [7, 11) is 0. The number of hydrogen-bond donors (Lipinski definition) is 1. The molecular formula is C23H21FN4O. The second-order valence-corrected chi connectivity index (χ2v) is 6.84. The SMILES string of the molecule is O=C(NCCc1ncc2ccccn12)C(Cc1ccccn1)c1ccc(F)cc1. The summed E-state index contributed by atoms with van der Waals surface area (Å²) in [6, 6.07) is 17.6. The summed E-state index contributed by atoms with van der Waals surface area (Å²) in [5.74, 6) is 0.0199. The van der Waals surface area contributed by atoms with Crippen molar-refractivity contribution in [2.75, 3.05) is 6.54 Å². The van der Waals surface area contributed by atoms with Crippen molar-refractivity contribution in [3.05, 3.63) is 102 Å². The standard InChI is InChI=1S/C23H21FN4O/c24-18-9-7-17(8-10-18)21(15-19-5-1-3-12-25-19)23(29)26-13-11-22-27-16-20-6-2-4-14-28(20)22/h1-10,12,14,16,21H,11,13,15H2,(H,26,29). The lowest BCUT2D eigenvalue weighted by Gasteiger charge is -2.17. The van der Waals surface area contributed by atoms with E-state index in [1.807, 2.05) is 53.2 Å². The van der Waals surface area contributed by atoms with Gasteiger partial charge < -0.3 is 9.72 Å². The molecule has 0 saturated heterocycles. The van der Waals surface area contributed by atoms with Crippen LogP contribution in [0.25, 0.3) is 5.52 Å². The van der Waals surface area contributed by atoms with Crippen molar-refractivity contribution in [2.24, 2.45) is 0 Å². The molecule has 1 atom stereocenters. The number of nitrogens with zero attached hydrogens (tertiary/aromatic N) is 3. The van der Waals surface area contributed by atoms with Gasteiger partial charge in [-0.1, -0.05) is 24.3 Å². The molecule has 0 bridgehead atoms. The van der Waals surface area contributed by atoms with Crippen LogP contribution in [-0.4, -0.2) is 26.8 Å². The van der Waals surface area contributed by atoms with E-state index >= 15 is 0 Å². The lowest BCUT2D eigenvalue weighted by atomic mass is 9.93. The number of fused-ring (bicyclic) bond motifs is 1. The maximum atomic E-state index is 13.3. The Morgan fingerprint density at radius 3 is 2.66 bits per heavy atom. The van der Waals surface area contributed by atoms with Crippen LogP contribution in [0.2, 0.25) is 0 Å². The minimum atomic E-state index is -0.442. The zero-order valence-electron chi connectivity index (χ0n) is 15.8. The lowest BCUT2D eigenvalue weighted by molar-refractivity contribution is -0.122. The number of amides is 1. The summed E-state index contributed by atoms with van der Waals surface area (Å²) in [6.07, 6.45) is 6.55. The predicted octanol–water partition coefficient (Wildman–Crippen LogP) is 3.55. The molecule has 1 aromatic carbocycles. The van der Waals surface area contributed by atoms with Crippen LogP contribution >= 0.6 is 0 Å². The fourth-order valence-electron chi connectivity index (χ4n) is 3.39. The molecule has 0 aliphatic rings. The summed E-state index contributed by atoms with van der Waals surface area (Å²) in [4.78, 5) is 21.7. The Bertz CT molecular complexity index is 1090. The van der Waals surface area contributed by atoms with Crippen molar-refractivity contribution < 1.29 is 9.18 Å². The van der Waals surface area contributed by atoms with Gasteiger partial charge in [-0.15, -0.1) is 0 Å². The van der Waals surface area contributed by atoms with Gasteiger partial charge in [0.2, 0.25) is 5.91 Å². The highest BCUT2D eigenvalue weighted by molar-refractivity contribution is 5.83. The van der Waals surface area contributed by atoms with E-state index in [0.717, 1.165) is 22.6 Å². The number of benzene rings is 1. The Hall–Kier alpha value is -3.54. The predicted molar refractivity (Wildman–Crippen MR) is 109 cm³/mol. The van der Waals surface area contributed by atoms with E-state index < -0.39 is 5.92 Å². The van der Waals surface area contributed by atoms with Crippen LogP contribution < -0.4 is 5.32 Å². The number of rotatable bonds is 7. The monoisotopic (exact) mass is 388 g/mol. The van der Waals surface area contributed by atoms with Crippen molar-refractivity contribution in [3.63, 3.8) is 0 Å². The zero-order valence-corrected chi connectivity index (χ0v) is 15.8. The van der Waals surface area contributed by atoms with E-state index in [1.165, 1.54) is 12.1 Å². The van der Waals surface area contributed by atoms with Gasteiger partial charge >= 0.3 is 0 Å². The fraction of sp³-hybridized carbons (Fsp3) is 0.174. The van der Waals surface area contributed by atoms with E-state index in [9.17, 15) is 9.18 Å². The van der Waals surface area contributed by atoms with E-state index in [2.05, 4.69) is 15.3 Å². The van der Waals surface area contributed by atoms with E-state index in [-0.39, 0.29) is 11.7 Å². The number of hydrogen-bond acceptors (Lipinski definition) is 3. The maximum Gasteiger partial charge on any atom is 0.227 e. The van der Waals surface area contributed by atoms with E-state index in [1.54, 1.807) is 18.3 Å².